The van der Waals surface area contributed by atoms with Gasteiger partial charge in [-0.1, -0.05) is 0 Å². The lowest BCUT2D eigenvalue weighted by molar-refractivity contribution is 0.00334. The van der Waals surface area contributed by atoms with Crippen LogP contribution in [-0.2, 0) is 11.3 Å². The van der Waals surface area contributed by atoms with Crippen molar-refractivity contribution >= 4 is 6.09 Å². The summed E-state index contributed by atoms with van der Waals surface area (Å²) >= 11 is 0. The molecular formula is C14H23N3O3. The fourth-order valence-corrected chi connectivity index (χ4v) is 2.18. The van der Waals surface area contributed by atoms with Gasteiger partial charge < -0.3 is 9.84 Å². The second kappa shape index (κ2) is 5.83. The first-order valence-corrected chi connectivity index (χ1v) is 6.99. The molecular weight excluding hydrogens is 258 g/mol. The number of nitrogens with one attached hydrogen (secondary N) is 1. The predicted octanol–water partition coefficient (Wildman–Crippen LogP) is 1.92. The van der Waals surface area contributed by atoms with Gasteiger partial charge in [0.15, 0.2) is 0 Å². The number of aromatic nitrogens is 2. The Labute approximate surface area is 119 Å². The van der Waals surface area contributed by atoms with Crippen molar-refractivity contribution in [1.29, 1.82) is 0 Å². The third-order valence-electron chi connectivity index (χ3n) is 3.28. The molecule has 6 nitrogen and oxygen atoms in total. The quantitative estimate of drug-likeness (QED) is 0.864. The number of amides is 1. The summed E-state index contributed by atoms with van der Waals surface area (Å²) in [5, 5.41) is 16.3. The summed E-state index contributed by atoms with van der Waals surface area (Å²) in [4.78, 5) is 14.0. The Hall–Kier alpha value is -1.56. The minimum atomic E-state index is -0.549. The molecule has 1 aromatic rings. The average Bonchev–Trinajstić information content (AvgIpc) is 3.03. The van der Waals surface area contributed by atoms with Crippen LogP contribution in [0, 0.1) is 5.92 Å². The first kappa shape index (κ1) is 14.8. The predicted molar refractivity (Wildman–Crippen MR) is 74.0 cm³/mol. The molecule has 1 aliphatic rings. The van der Waals surface area contributed by atoms with E-state index in [4.69, 9.17) is 4.74 Å². The molecule has 0 bridgehead atoms. The molecule has 1 amide bonds. The molecule has 2 rings (SSSR count). The van der Waals surface area contributed by atoms with Crippen molar-refractivity contribution < 1.29 is 14.6 Å². The summed E-state index contributed by atoms with van der Waals surface area (Å²) in [6.45, 7) is 5.84. The van der Waals surface area contributed by atoms with Gasteiger partial charge in [0.1, 0.15) is 5.60 Å². The SMILES string of the molecule is CC(C)(C)OC(=O)N(Cc1ccn[nH]1)C(CO)C1CC1. The monoisotopic (exact) mass is 281 g/mol. The summed E-state index contributed by atoms with van der Waals surface area (Å²) < 4.78 is 5.45. The molecule has 0 aliphatic heterocycles. The van der Waals surface area contributed by atoms with E-state index in [1.54, 1.807) is 11.1 Å². The minimum absolute atomic E-state index is 0.0436. The van der Waals surface area contributed by atoms with E-state index in [0.717, 1.165) is 18.5 Å². The van der Waals surface area contributed by atoms with Crippen LogP contribution in [-0.4, -0.2) is 44.5 Å². The van der Waals surface area contributed by atoms with Crippen molar-refractivity contribution in [2.24, 2.45) is 5.92 Å². The number of hydrogen-bond acceptors (Lipinski definition) is 4. The smallest absolute Gasteiger partial charge is 0.410 e. The molecule has 20 heavy (non-hydrogen) atoms. The zero-order valence-electron chi connectivity index (χ0n) is 12.3. The highest BCUT2D eigenvalue weighted by molar-refractivity contribution is 5.68. The van der Waals surface area contributed by atoms with E-state index < -0.39 is 11.7 Å². The van der Waals surface area contributed by atoms with Gasteiger partial charge in [0.2, 0.25) is 0 Å². The van der Waals surface area contributed by atoms with Gasteiger partial charge in [-0.3, -0.25) is 10.00 Å². The normalized spacial score (nSPS) is 16.8. The maximum atomic E-state index is 12.4. The number of ether oxygens (including phenoxy) is 1. The van der Waals surface area contributed by atoms with E-state index in [2.05, 4.69) is 10.2 Å². The second-order valence-electron chi connectivity index (χ2n) is 6.28. The van der Waals surface area contributed by atoms with Crippen LogP contribution in [0.5, 0.6) is 0 Å². The lowest BCUT2D eigenvalue weighted by Crippen LogP contribution is -2.45. The fourth-order valence-electron chi connectivity index (χ4n) is 2.18. The molecule has 0 radical (unpaired) electrons. The van der Waals surface area contributed by atoms with Crippen LogP contribution in [0.15, 0.2) is 12.3 Å². The number of H-pyrrole nitrogens is 1. The molecule has 112 valence electrons. The van der Waals surface area contributed by atoms with Gasteiger partial charge in [-0.15, -0.1) is 0 Å². The van der Waals surface area contributed by atoms with Crippen molar-refractivity contribution in [3.8, 4) is 0 Å². The topological polar surface area (TPSA) is 78.5 Å². The van der Waals surface area contributed by atoms with E-state index in [1.807, 2.05) is 26.8 Å². The molecule has 1 fully saturated rings. The third-order valence-corrected chi connectivity index (χ3v) is 3.28. The molecule has 1 aliphatic carbocycles. The zero-order valence-corrected chi connectivity index (χ0v) is 12.3. The Morgan fingerprint density at radius 2 is 2.30 bits per heavy atom. The number of aliphatic hydroxyl groups excluding tert-OH is 1. The summed E-state index contributed by atoms with van der Waals surface area (Å²) in [5.74, 6) is 0.371. The van der Waals surface area contributed by atoms with Gasteiger partial charge in [0, 0.05) is 6.20 Å². The van der Waals surface area contributed by atoms with Crippen LogP contribution in [0.25, 0.3) is 0 Å². The number of rotatable bonds is 5. The molecule has 6 heteroatoms. The lowest BCUT2D eigenvalue weighted by atomic mass is 10.1. The average molecular weight is 281 g/mol. The van der Waals surface area contributed by atoms with Gasteiger partial charge in [0.05, 0.1) is 24.9 Å². The Morgan fingerprint density at radius 3 is 2.75 bits per heavy atom. The van der Waals surface area contributed by atoms with Crippen molar-refractivity contribution in [3.05, 3.63) is 18.0 Å². The Balaban J connectivity index is 2.12. The number of carbonyl (C=O) groups is 1. The second-order valence-corrected chi connectivity index (χ2v) is 6.28. The van der Waals surface area contributed by atoms with Crippen LogP contribution < -0.4 is 0 Å². The van der Waals surface area contributed by atoms with Gasteiger partial charge in [-0.25, -0.2) is 4.79 Å². The largest absolute Gasteiger partial charge is 0.444 e. The van der Waals surface area contributed by atoms with E-state index in [-0.39, 0.29) is 12.6 Å². The molecule has 0 saturated heterocycles. The number of carbonyl (C=O) groups excluding carboxylic acids is 1. The third kappa shape index (κ3) is 3.96. The van der Waals surface area contributed by atoms with Crippen LogP contribution in [0.3, 0.4) is 0 Å². The standard InChI is InChI=1S/C14H23N3O3/c1-14(2,3)20-13(19)17(8-11-6-7-15-16-11)12(9-18)10-4-5-10/h6-7,10,12,18H,4-5,8-9H2,1-3H3,(H,15,16). The molecule has 0 spiro atoms. The van der Waals surface area contributed by atoms with Gasteiger partial charge >= 0.3 is 6.09 Å². The highest BCUT2D eigenvalue weighted by Gasteiger charge is 2.38. The fraction of sp³-hybridized carbons (Fsp3) is 0.714. The molecule has 1 saturated carbocycles. The van der Waals surface area contributed by atoms with Crippen molar-refractivity contribution in [1.82, 2.24) is 15.1 Å². The maximum Gasteiger partial charge on any atom is 0.410 e. The lowest BCUT2D eigenvalue weighted by Gasteiger charge is -2.32. The van der Waals surface area contributed by atoms with Crippen LogP contribution in [0.4, 0.5) is 4.79 Å². The number of aromatic amines is 1. The van der Waals surface area contributed by atoms with E-state index in [0.29, 0.717) is 12.5 Å². The molecule has 1 atom stereocenters. The number of aliphatic hydroxyl groups is 1. The Kier molecular flexibility index (Phi) is 4.32. The molecule has 2 N–H and O–H groups in total. The van der Waals surface area contributed by atoms with Crippen LogP contribution in [0.2, 0.25) is 0 Å². The molecule has 1 aromatic heterocycles. The van der Waals surface area contributed by atoms with Gasteiger partial charge in [0.25, 0.3) is 0 Å². The van der Waals surface area contributed by atoms with Crippen molar-refractivity contribution in [2.75, 3.05) is 6.61 Å². The number of nitrogens with zero attached hydrogens (tertiary/aromatic N) is 2. The highest BCUT2D eigenvalue weighted by Crippen LogP contribution is 2.36. The molecule has 0 aromatic carbocycles. The first-order valence-electron chi connectivity index (χ1n) is 6.99. The van der Waals surface area contributed by atoms with Crippen LogP contribution in [0.1, 0.15) is 39.3 Å². The molecule has 1 unspecified atom stereocenters. The van der Waals surface area contributed by atoms with Gasteiger partial charge in [-0.2, -0.15) is 5.10 Å². The van der Waals surface area contributed by atoms with Crippen LogP contribution >= 0.6 is 0 Å². The van der Waals surface area contributed by atoms with E-state index >= 15 is 0 Å². The zero-order chi connectivity index (χ0) is 14.8. The highest BCUT2D eigenvalue weighted by atomic mass is 16.6. The Bertz CT molecular complexity index is 435. The van der Waals surface area contributed by atoms with E-state index in [9.17, 15) is 9.90 Å². The summed E-state index contributed by atoms with van der Waals surface area (Å²) in [6, 6.07) is 1.63. The van der Waals surface area contributed by atoms with Gasteiger partial charge in [-0.05, 0) is 45.6 Å². The van der Waals surface area contributed by atoms with Crippen molar-refractivity contribution in [3.63, 3.8) is 0 Å². The molecule has 1 heterocycles. The maximum absolute atomic E-state index is 12.4. The van der Waals surface area contributed by atoms with Crippen molar-refractivity contribution in [2.45, 2.75) is 51.8 Å². The summed E-state index contributed by atoms with van der Waals surface area (Å²) in [6.07, 6.45) is 3.35. The minimum Gasteiger partial charge on any atom is -0.444 e. The first-order chi connectivity index (χ1) is 9.40. The summed E-state index contributed by atoms with van der Waals surface area (Å²) in [5.41, 5.74) is 0.280. The van der Waals surface area contributed by atoms with E-state index in [1.165, 1.54) is 0 Å². The Morgan fingerprint density at radius 1 is 1.60 bits per heavy atom. The number of hydrogen-bond donors (Lipinski definition) is 2. The summed E-state index contributed by atoms with van der Waals surface area (Å²) in [7, 11) is 0.